The lowest BCUT2D eigenvalue weighted by Gasteiger charge is -2.37. The van der Waals surface area contributed by atoms with E-state index in [1.165, 1.54) is 5.75 Å². The molecular formula is C13H32O2SSi2. The van der Waals surface area contributed by atoms with Gasteiger partial charge in [0.05, 0.1) is 0 Å². The zero-order chi connectivity index (χ0) is 14.4. The van der Waals surface area contributed by atoms with Crippen molar-refractivity contribution in [2.45, 2.75) is 65.3 Å². The molecule has 0 saturated heterocycles. The average Bonchev–Trinajstić information content (AvgIpc) is 2.15. The summed E-state index contributed by atoms with van der Waals surface area (Å²) in [5.74, 6) is 1.18. The van der Waals surface area contributed by atoms with Gasteiger partial charge in [0.15, 0.2) is 0 Å². The van der Waals surface area contributed by atoms with E-state index in [0.29, 0.717) is 5.04 Å². The summed E-state index contributed by atoms with van der Waals surface area (Å²) in [6.07, 6.45) is 0. The normalized spacial score (nSPS) is 14.0. The molecule has 0 heterocycles. The van der Waals surface area contributed by atoms with E-state index < -0.39 is 15.8 Å². The second-order valence-electron chi connectivity index (χ2n) is 6.36. The maximum atomic E-state index is 5.89. The van der Waals surface area contributed by atoms with Gasteiger partial charge in [-0.3, -0.25) is 0 Å². The van der Waals surface area contributed by atoms with Crippen LogP contribution in [0.4, 0.5) is 0 Å². The van der Waals surface area contributed by atoms with E-state index in [4.69, 9.17) is 8.85 Å². The van der Waals surface area contributed by atoms with Crippen molar-refractivity contribution in [1.29, 1.82) is 0 Å². The van der Waals surface area contributed by atoms with Crippen LogP contribution in [0.1, 0.15) is 34.6 Å². The minimum atomic E-state index is -1.91. The molecular weight excluding hydrogens is 276 g/mol. The van der Waals surface area contributed by atoms with Crippen LogP contribution in [0.2, 0.25) is 30.7 Å². The van der Waals surface area contributed by atoms with Crippen LogP contribution in [-0.2, 0) is 8.85 Å². The summed E-state index contributed by atoms with van der Waals surface area (Å²) in [6, 6.07) is 1.10. The fraction of sp³-hybridized carbons (Fsp3) is 1.00. The standard InChI is InChI=1S/C13H32O2SSi2/c1-9-14-18(8,15-10-2)12-11-16-17(6,7)13(3,4)5/h9-12H2,1-8H3. The van der Waals surface area contributed by atoms with Gasteiger partial charge in [-0.05, 0) is 37.2 Å². The minimum absolute atomic E-state index is 0.451. The van der Waals surface area contributed by atoms with Crippen LogP contribution in [0.25, 0.3) is 0 Å². The van der Waals surface area contributed by atoms with Crippen LogP contribution in [0, 0.1) is 0 Å². The lowest BCUT2D eigenvalue weighted by Crippen LogP contribution is -2.40. The lowest BCUT2D eigenvalue weighted by molar-refractivity contribution is 0.190. The van der Waals surface area contributed by atoms with Gasteiger partial charge in [-0.1, -0.05) is 33.9 Å². The van der Waals surface area contributed by atoms with E-state index in [1.54, 1.807) is 0 Å². The van der Waals surface area contributed by atoms with Crippen LogP contribution in [0.15, 0.2) is 0 Å². The minimum Gasteiger partial charge on any atom is -0.395 e. The Kier molecular flexibility index (Phi) is 7.77. The zero-order valence-electron chi connectivity index (χ0n) is 13.6. The maximum Gasteiger partial charge on any atom is 0.335 e. The predicted molar refractivity (Wildman–Crippen MR) is 89.3 cm³/mol. The molecule has 0 aromatic carbocycles. The molecule has 0 aliphatic heterocycles. The van der Waals surface area contributed by atoms with Gasteiger partial charge in [0, 0.05) is 13.2 Å². The quantitative estimate of drug-likeness (QED) is 0.596. The first-order chi connectivity index (χ1) is 8.08. The molecule has 0 atom stereocenters. The fourth-order valence-electron chi connectivity index (χ4n) is 1.50. The molecule has 0 saturated carbocycles. The number of hydrogen-bond acceptors (Lipinski definition) is 3. The molecule has 0 spiro atoms. The molecule has 0 aliphatic carbocycles. The highest BCUT2D eigenvalue weighted by Gasteiger charge is 2.37. The van der Waals surface area contributed by atoms with Crippen molar-refractivity contribution >= 4 is 27.0 Å². The smallest absolute Gasteiger partial charge is 0.335 e. The van der Waals surface area contributed by atoms with Crippen molar-refractivity contribution in [3.8, 4) is 0 Å². The third kappa shape index (κ3) is 6.23. The van der Waals surface area contributed by atoms with Crippen molar-refractivity contribution in [3.05, 3.63) is 0 Å². The molecule has 110 valence electrons. The molecule has 5 heteroatoms. The number of rotatable bonds is 8. The zero-order valence-corrected chi connectivity index (χ0v) is 16.4. The summed E-state index contributed by atoms with van der Waals surface area (Å²) in [5, 5.41) is 0.451. The highest BCUT2D eigenvalue weighted by Crippen LogP contribution is 2.43. The van der Waals surface area contributed by atoms with E-state index in [-0.39, 0.29) is 0 Å². The Morgan fingerprint density at radius 2 is 1.39 bits per heavy atom. The second-order valence-corrected chi connectivity index (χ2v) is 18.8. The Bertz CT molecular complexity index is 234. The summed E-state index contributed by atoms with van der Waals surface area (Å²) in [4.78, 5) is 0. The SMILES string of the molecule is CCO[Si](C)(CCS[Si](C)(C)C(C)(C)C)OCC. The van der Waals surface area contributed by atoms with Crippen molar-refractivity contribution in [2.24, 2.45) is 0 Å². The fourth-order valence-corrected chi connectivity index (χ4v) is 9.68. The molecule has 0 N–H and O–H groups in total. The first-order valence-electron chi connectivity index (χ1n) is 7.00. The van der Waals surface area contributed by atoms with Gasteiger partial charge in [0.2, 0.25) is 0 Å². The molecule has 2 nitrogen and oxygen atoms in total. The summed E-state index contributed by atoms with van der Waals surface area (Å²) >= 11 is 2.18. The van der Waals surface area contributed by atoms with E-state index >= 15 is 0 Å². The molecule has 0 aromatic heterocycles. The van der Waals surface area contributed by atoms with Crippen LogP contribution in [-0.4, -0.2) is 34.8 Å². The summed E-state index contributed by atoms with van der Waals surface area (Å²) in [7, 11) is -3.13. The molecule has 0 unspecified atom stereocenters. The van der Waals surface area contributed by atoms with Gasteiger partial charge in [-0.2, -0.15) is 11.2 Å². The third-order valence-electron chi connectivity index (χ3n) is 3.72. The molecule has 0 amide bonds. The topological polar surface area (TPSA) is 18.5 Å². The molecule has 0 aliphatic rings. The molecule has 0 fully saturated rings. The Hall–Kier alpha value is 0.704. The summed E-state index contributed by atoms with van der Waals surface area (Å²) < 4.78 is 11.8. The highest BCUT2D eigenvalue weighted by molar-refractivity contribution is 8.29. The first kappa shape index (κ1) is 18.7. The van der Waals surface area contributed by atoms with Gasteiger partial charge in [0.1, 0.15) is 7.22 Å². The van der Waals surface area contributed by atoms with Crippen LogP contribution >= 0.6 is 11.2 Å². The Morgan fingerprint density at radius 1 is 0.944 bits per heavy atom. The second kappa shape index (κ2) is 7.48. The Morgan fingerprint density at radius 3 is 1.72 bits per heavy atom. The van der Waals surface area contributed by atoms with Gasteiger partial charge in [0.25, 0.3) is 0 Å². The lowest BCUT2D eigenvalue weighted by atomic mass is 10.2. The summed E-state index contributed by atoms with van der Waals surface area (Å²) in [6.45, 7) is 19.9. The molecule has 18 heavy (non-hydrogen) atoms. The van der Waals surface area contributed by atoms with Gasteiger partial charge >= 0.3 is 8.56 Å². The first-order valence-corrected chi connectivity index (χ1v) is 14.2. The van der Waals surface area contributed by atoms with Gasteiger partial charge in [-0.25, -0.2) is 0 Å². The van der Waals surface area contributed by atoms with E-state index in [0.717, 1.165) is 19.3 Å². The molecule has 0 bridgehead atoms. The molecule has 0 rings (SSSR count). The predicted octanol–water partition coefficient (Wildman–Crippen LogP) is 4.87. The largest absolute Gasteiger partial charge is 0.395 e. The van der Waals surface area contributed by atoms with Crippen molar-refractivity contribution in [1.82, 2.24) is 0 Å². The van der Waals surface area contributed by atoms with Gasteiger partial charge < -0.3 is 8.85 Å². The van der Waals surface area contributed by atoms with E-state index in [9.17, 15) is 0 Å². The molecule has 0 radical (unpaired) electrons. The van der Waals surface area contributed by atoms with Crippen molar-refractivity contribution in [3.63, 3.8) is 0 Å². The molecule has 0 aromatic rings. The van der Waals surface area contributed by atoms with Crippen LogP contribution in [0.3, 0.4) is 0 Å². The van der Waals surface area contributed by atoms with Crippen LogP contribution in [0.5, 0.6) is 0 Å². The Balaban J connectivity index is 4.30. The maximum absolute atomic E-state index is 5.89. The Labute approximate surface area is 120 Å². The monoisotopic (exact) mass is 308 g/mol. The van der Waals surface area contributed by atoms with Crippen LogP contribution < -0.4 is 0 Å². The third-order valence-corrected chi connectivity index (χ3v) is 16.4. The average molecular weight is 309 g/mol. The van der Waals surface area contributed by atoms with E-state index in [2.05, 4.69) is 65.5 Å². The summed E-state index contributed by atoms with van der Waals surface area (Å²) in [5.41, 5.74) is 0. The van der Waals surface area contributed by atoms with Crippen molar-refractivity contribution in [2.75, 3.05) is 19.0 Å². The number of hydrogen-bond donors (Lipinski definition) is 0. The van der Waals surface area contributed by atoms with Crippen molar-refractivity contribution < 1.29 is 8.85 Å². The van der Waals surface area contributed by atoms with E-state index in [1.807, 2.05) is 0 Å². The highest BCUT2D eigenvalue weighted by atomic mass is 32.4. The van der Waals surface area contributed by atoms with Gasteiger partial charge in [-0.15, -0.1) is 0 Å².